The van der Waals surface area contributed by atoms with Gasteiger partial charge in [-0.25, -0.2) is 15.6 Å². The summed E-state index contributed by atoms with van der Waals surface area (Å²) in [6.45, 7) is 3.85. The predicted octanol–water partition coefficient (Wildman–Crippen LogP) is 2.55. The van der Waals surface area contributed by atoms with E-state index in [0.717, 1.165) is 0 Å². The number of nitrogens with two attached hydrogens (primary N) is 1. The number of nitrogens with one attached hydrogen (secondary N) is 1. The van der Waals surface area contributed by atoms with Crippen LogP contribution in [0.15, 0.2) is 41.4 Å². The minimum Gasteiger partial charge on any atom is -0.508 e. The monoisotopic (exact) mass is 343 g/mol. The Hall–Kier alpha value is -3.06. The first-order valence-corrected chi connectivity index (χ1v) is 7.67. The Morgan fingerprint density at radius 1 is 1.16 bits per heavy atom. The summed E-state index contributed by atoms with van der Waals surface area (Å²) in [6.07, 6.45) is 0. The van der Waals surface area contributed by atoms with Crippen LogP contribution < -0.4 is 11.3 Å². The molecule has 0 spiro atoms. The van der Waals surface area contributed by atoms with E-state index in [2.05, 4.69) is 15.2 Å². The molecule has 0 aliphatic heterocycles. The molecule has 0 fully saturated rings. The first-order valence-electron chi connectivity index (χ1n) is 7.67. The Labute approximate surface area is 145 Å². The number of amidine groups is 1. The van der Waals surface area contributed by atoms with E-state index in [4.69, 9.17) is 5.84 Å². The van der Waals surface area contributed by atoms with Gasteiger partial charge < -0.3 is 20.4 Å². The molecule has 0 radical (unpaired) electrons. The van der Waals surface area contributed by atoms with Gasteiger partial charge in [-0.1, -0.05) is 13.8 Å². The number of hydrogen-bond acceptors (Lipinski definition) is 6. The number of carbonyl (C=O) groups excluding carboxylic acids is 1. The van der Waals surface area contributed by atoms with Gasteiger partial charge in [-0.3, -0.25) is 0 Å². The van der Waals surface area contributed by atoms with Crippen LogP contribution in [0.1, 0.15) is 41.3 Å². The Morgan fingerprint density at radius 3 is 2.32 bits per heavy atom. The van der Waals surface area contributed by atoms with Gasteiger partial charge in [0.05, 0.1) is 23.9 Å². The summed E-state index contributed by atoms with van der Waals surface area (Å²) in [4.78, 5) is 15.8. The van der Waals surface area contributed by atoms with E-state index < -0.39 is 5.97 Å². The van der Waals surface area contributed by atoms with E-state index in [0.29, 0.717) is 22.4 Å². The van der Waals surface area contributed by atoms with Crippen molar-refractivity contribution in [2.24, 2.45) is 10.8 Å². The van der Waals surface area contributed by atoms with Crippen molar-refractivity contribution in [3.8, 4) is 11.5 Å². The number of hydrogen-bond donors (Lipinski definition) is 4. The summed E-state index contributed by atoms with van der Waals surface area (Å²) < 4.78 is 4.65. The predicted molar refractivity (Wildman–Crippen MR) is 95.2 cm³/mol. The summed E-state index contributed by atoms with van der Waals surface area (Å²) in [6, 6.07) is 9.31. The molecule has 2 aromatic carbocycles. The van der Waals surface area contributed by atoms with Gasteiger partial charge in [0.2, 0.25) is 0 Å². The third kappa shape index (κ3) is 4.07. The molecule has 7 nitrogen and oxygen atoms in total. The van der Waals surface area contributed by atoms with Gasteiger partial charge in [0.1, 0.15) is 11.5 Å². The Bertz CT molecular complexity index is 799. The lowest BCUT2D eigenvalue weighted by molar-refractivity contribution is 0.0601. The molecule has 25 heavy (non-hydrogen) atoms. The number of phenols is 2. The molecule has 0 heterocycles. The topological polar surface area (TPSA) is 117 Å². The minimum atomic E-state index is -0.439. The Kier molecular flexibility index (Phi) is 5.61. The number of benzene rings is 2. The number of hydrazine groups is 1. The first kappa shape index (κ1) is 18.3. The van der Waals surface area contributed by atoms with Crippen LogP contribution in [-0.2, 0) is 4.74 Å². The largest absolute Gasteiger partial charge is 0.508 e. The molecule has 0 bridgehead atoms. The molecule has 0 saturated heterocycles. The fraction of sp³-hybridized carbons (Fsp3) is 0.222. The quantitative estimate of drug-likeness (QED) is 0.223. The fourth-order valence-corrected chi connectivity index (χ4v) is 2.34. The Morgan fingerprint density at radius 2 is 1.80 bits per heavy atom. The second-order valence-electron chi connectivity index (χ2n) is 5.73. The van der Waals surface area contributed by atoms with Crippen molar-refractivity contribution in [1.29, 1.82) is 0 Å². The molecule has 0 atom stereocenters. The molecule has 7 heteroatoms. The van der Waals surface area contributed by atoms with Crippen molar-refractivity contribution in [3.63, 3.8) is 0 Å². The number of nitrogens with zero attached hydrogens (tertiary/aromatic N) is 1. The van der Waals surface area contributed by atoms with Gasteiger partial charge >= 0.3 is 5.97 Å². The van der Waals surface area contributed by atoms with Gasteiger partial charge in [-0.2, -0.15) is 0 Å². The molecule has 0 saturated carbocycles. The maximum Gasteiger partial charge on any atom is 0.337 e. The molecule has 2 rings (SSSR count). The van der Waals surface area contributed by atoms with Crippen LogP contribution in [0.3, 0.4) is 0 Å². The SMILES string of the molecule is COC(=O)c1ccc(N=C(NN)c2cc(C(C)C)c(O)cc2O)cc1. The molecule has 0 aliphatic rings. The summed E-state index contributed by atoms with van der Waals surface area (Å²) in [7, 11) is 1.31. The molecule has 0 unspecified atom stereocenters. The number of phenolic OH excluding ortho intramolecular Hbond substituents is 2. The number of methoxy groups -OCH3 is 1. The maximum absolute atomic E-state index is 11.5. The molecule has 132 valence electrons. The highest BCUT2D eigenvalue weighted by Crippen LogP contribution is 2.32. The van der Waals surface area contributed by atoms with E-state index in [9.17, 15) is 15.0 Å². The molecular formula is C18H21N3O4. The summed E-state index contributed by atoms with van der Waals surface area (Å²) in [5.41, 5.74) is 4.41. The second kappa shape index (κ2) is 7.67. The third-order valence-electron chi connectivity index (χ3n) is 3.69. The number of aliphatic imine (C=N–C) groups is 1. The lowest BCUT2D eigenvalue weighted by Crippen LogP contribution is -2.31. The molecule has 0 amide bonds. The zero-order valence-corrected chi connectivity index (χ0v) is 14.3. The van der Waals surface area contributed by atoms with E-state index in [1.54, 1.807) is 30.3 Å². The number of esters is 1. The molecule has 2 aromatic rings. The lowest BCUT2D eigenvalue weighted by Gasteiger charge is -2.14. The van der Waals surface area contributed by atoms with Crippen LogP contribution >= 0.6 is 0 Å². The van der Waals surface area contributed by atoms with Crippen LogP contribution in [0.25, 0.3) is 0 Å². The Balaban J connectivity index is 2.44. The van der Waals surface area contributed by atoms with E-state index in [-0.39, 0.29) is 23.3 Å². The van der Waals surface area contributed by atoms with Crippen molar-refractivity contribution < 1.29 is 19.7 Å². The zero-order valence-electron chi connectivity index (χ0n) is 14.3. The smallest absolute Gasteiger partial charge is 0.337 e. The van der Waals surface area contributed by atoms with Gasteiger partial charge in [-0.15, -0.1) is 0 Å². The normalized spacial score (nSPS) is 11.5. The van der Waals surface area contributed by atoms with Crippen LogP contribution in [0.5, 0.6) is 11.5 Å². The van der Waals surface area contributed by atoms with Gasteiger partial charge in [0.15, 0.2) is 5.84 Å². The second-order valence-corrected chi connectivity index (χ2v) is 5.73. The van der Waals surface area contributed by atoms with Gasteiger partial charge in [-0.05, 0) is 41.8 Å². The molecule has 5 N–H and O–H groups in total. The number of rotatable bonds is 4. The number of carbonyl (C=O) groups is 1. The minimum absolute atomic E-state index is 0.00931. The van der Waals surface area contributed by atoms with Crippen molar-refractivity contribution in [2.75, 3.05) is 7.11 Å². The summed E-state index contributed by atoms with van der Waals surface area (Å²) in [5, 5.41) is 20.1. The zero-order chi connectivity index (χ0) is 18.6. The summed E-state index contributed by atoms with van der Waals surface area (Å²) in [5.74, 6) is 5.26. The van der Waals surface area contributed by atoms with Crippen LogP contribution in [0.2, 0.25) is 0 Å². The van der Waals surface area contributed by atoms with Crippen LogP contribution in [0.4, 0.5) is 5.69 Å². The lowest BCUT2D eigenvalue weighted by atomic mass is 9.98. The van der Waals surface area contributed by atoms with E-state index in [1.165, 1.54) is 13.2 Å². The standard InChI is InChI=1S/C18H21N3O4/c1-10(2)13-8-14(16(23)9-15(13)22)17(21-19)20-12-6-4-11(5-7-12)18(24)25-3/h4-10,22-23H,19H2,1-3H3,(H,20,21). The highest BCUT2D eigenvalue weighted by molar-refractivity contribution is 6.02. The van der Waals surface area contributed by atoms with Crippen molar-refractivity contribution >= 4 is 17.5 Å². The highest BCUT2D eigenvalue weighted by Gasteiger charge is 2.15. The van der Waals surface area contributed by atoms with E-state index in [1.807, 2.05) is 13.8 Å². The fourth-order valence-electron chi connectivity index (χ4n) is 2.34. The third-order valence-corrected chi connectivity index (χ3v) is 3.69. The van der Waals surface area contributed by atoms with Crippen molar-refractivity contribution in [1.82, 2.24) is 5.43 Å². The van der Waals surface area contributed by atoms with Gasteiger partial charge in [0.25, 0.3) is 0 Å². The number of aromatic hydroxyl groups is 2. The summed E-state index contributed by atoms with van der Waals surface area (Å²) >= 11 is 0. The molecule has 0 aliphatic carbocycles. The molecular weight excluding hydrogens is 322 g/mol. The maximum atomic E-state index is 11.5. The van der Waals surface area contributed by atoms with Crippen LogP contribution in [-0.4, -0.2) is 29.1 Å². The van der Waals surface area contributed by atoms with Crippen LogP contribution in [0, 0.1) is 0 Å². The highest BCUT2D eigenvalue weighted by atomic mass is 16.5. The van der Waals surface area contributed by atoms with E-state index >= 15 is 0 Å². The average Bonchev–Trinajstić information content (AvgIpc) is 2.59. The first-order chi connectivity index (χ1) is 11.9. The molecule has 0 aromatic heterocycles. The average molecular weight is 343 g/mol. The van der Waals surface area contributed by atoms with Gasteiger partial charge in [0, 0.05) is 6.07 Å². The number of ether oxygens (including phenoxy) is 1. The van der Waals surface area contributed by atoms with Crippen molar-refractivity contribution in [3.05, 3.63) is 53.1 Å². The van der Waals surface area contributed by atoms with Crippen molar-refractivity contribution in [2.45, 2.75) is 19.8 Å².